The van der Waals surface area contributed by atoms with Gasteiger partial charge in [0, 0.05) is 40.2 Å². The third kappa shape index (κ3) is 5.25. The number of carbonyl (C=O) groups excluding carboxylic acids is 1. The maximum Gasteiger partial charge on any atom is 0.286 e. The van der Waals surface area contributed by atoms with Crippen molar-refractivity contribution < 1.29 is 17.8 Å². The van der Waals surface area contributed by atoms with Gasteiger partial charge in [-0.2, -0.15) is 4.36 Å². The third-order valence-electron chi connectivity index (χ3n) is 3.77. The molecule has 0 radical (unpaired) electrons. The smallest absolute Gasteiger partial charge is 0.266 e. The summed E-state index contributed by atoms with van der Waals surface area (Å²) in [6.07, 6.45) is 4.00. The Hall–Kier alpha value is -3.08. The van der Waals surface area contributed by atoms with E-state index in [1.165, 1.54) is 30.8 Å². The highest BCUT2D eigenvalue weighted by molar-refractivity contribution is 7.93. The Morgan fingerprint density at radius 2 is 1.79 bits per heavy atom. The van der Waals surface area contributed by atoms with Gasteiger partial charge in [0.25, 0.3) is 5.91 Å². The van der Waals surface area contributed by atoms with Gasteiger partial charge in [0.2, 0.25) is 0 Å². The van der Waals surface area contributed by atoms with Gasteiger partial charge in [-0.25, -0.2) is 13.0 Å². The quantitative estimate of drug-likeness (QED) is 0.553. The zero-order chi connectivity index (χ0) is 21.0. The van der Waals surface area contributed by atoms with Crippen LogP contribution in [0.5, 0.6) is 0 Å². The van der Waals surface area contributed by atoms with Crippen LogP contribution in [0, 0.1) is 23.5 Å². The lowest BCUT2D eigenvalue weighted by atomic mass is 10.1. The molecule has 0 saturated carbocycles. The van der Waals surface area contributed by atoms with Crippen molar-refractivity contribution in [2.45, 2.75) is 4.90 Å². The first-order chi connectivity index (χ1) is 13.7. The van der Waals surface area contributed by atoms with Gasteiger partial charge in [0.15, 0.2) is 0 Å². The molecule has 2 aromatic carbocycles. The number of pyridine rings is 1. The number of hydrogen-bond donors (Lipinski definition) is 0. The molecular weight excluding hydrogens is 418 g/mol. The molecule has 4 nitrogen and oxygen atoms in total. The number of nitrogens with zero attached hydrogens (tertiary/aromatic N) is 2. The Morgan fingerprint density at radius 1 is 1.07 bits per heavy atom. The standard InChI is InChI=1S/C21H13ClF2N2O2S/c1-29(28,19-8-5-17(22)6-9-19)26-21(27)16-10-14(12-25-13-16)2-3-15-4-7-18(23)11-20(15)24/h4-13H,1H3. The van der Waals surface area contributed by atoms with E-state index >= 15 is 0 Å². The minimum Gasteiger partial charge on any atom is -0.266 e. The van der Waals surface area contributed by atoms with Crippen molar-refractivity contribution in [3.8, 4) is 11.8 Å². The zero-order valence-electron chi connectivity index (χ0n) is 15.0. The number of aromatic nitrogens is 1. The predicted molar refractivity (Wildman–Crippen MR) is 107 cm³/mol. The van der Waals surface area contributed by atoms with Crippen LogP contribution >= 0.6 is 11.6 Å². The summed E-state index contributed by atoms with van der Waals surface area (Å²) in [5.41, 5.74) is 0.413. The molecule has 0 aliphatic heterocycles. The number of rotatable bonds is 2. The zero-order valence-corrected chi connectivity index (χ0v) is 16.6. The fourth-order valence-electron chi connectivity index (χ4n) is 2.31. The highest BCUT2D eigenvalue weighted by atomic mass is 35.5. The van der Waals surface area contributed by atoms with E-state index in [9.17, 15) is 17.8 Å². The first-order valence-corrected chi connectivity index (χ1v) is 10.5. The average molecular weight is 431 g/mol. The van der Waals surface area contributed by atoms with Crippen molar-refractivity contribution in [3.05, 3.63) is 94.3 Å². The third-order valence-corrected chi connectivity index (χ3v) is 5.68. The second kappa shape index (κ2) is 8.52. The fourth-order valence-corrected chi connectivity index (χ4v) is 3.60. The van der Waals surface area contributed by atoms with E-state index in [-0.39, 0.29) is 11.1 Å². The molecule has 29 heavy (non-hydrogen) atoms. The molecule has 0 aliphatic carbocycles. The lowest BCUT2D eigenvalue weighted by molar-refractivity contribution is 0.100. The van der Waals surface area contributed by atoms with Crippen LogP contribution in [-0.2, 0) is 9.73 Å². The molecule has 0 spiro atoms. The van der Waals surface area contributed by atoms with Crippen molar-refractivity contribution >= 4 is 27.2 Å². The van der Waals surface area contributed by atoms with Crippen LogP contribution in [0.3, 0.4) is 0 Å². The van der Waals surface area contributed by atoms with Crippen molar-refractivity contribution in [2.75, 3.05) is 6.26 Å². The second-order valence-electron chi connectivity index (χ2n) is 5.99. The van der Waals surface area contributed by atoms with Crippen LogP contribution in [0.4, 0.5) is 8.78 Å². The molecule has 1 unspecified atom stereocenters. The molecule has 3 aromatic rings. The normalized spacial score (nSPS) is 12.4. The van der Waals surface area contributed by atoms with E-state index in [1.54, 1.807) is 24.3 Å². The summed E-state index contributed by atoms with van der Waals surface area (Å²) in [6.45, 7) is 0. The molecule has 0 aliphatic rings. The Kier molecular flexibility index (Phi) is 6.06. The van der Waals surface area contributed by atoms with Gasteiger partial charge < -0.3 is 0 Å². The topological polar surface area (TPSA) is 59.4 Å². The van der Waals surface area contributed by atoms with E-state index in [2.05, 4.69) is 21.2 Å². The highest BCUT2D eigenvalue weighted by Crippen LogP contribution is 2.17. The summed E-state index contributed by atoms with van der Waals surface area (Å²) in [4.78, 5) is 16.7. The highest BCUT2D eigenvalue weighted by Gasteiger charge is 2.12. The summed E-state index contributed by atoms with van der Waals surface area (Å²) in [6, 6.07) is 10.7. The van der Waals surface area contributed by atoms with Gasteiger partial charge >= 0.3 is 0 Å². The SMILES string of the molecule is CS(=O)(=NC(=O)c1cncc(C#Cc2ccc(F)cc2F)c1)c1ccc(Cl)cc1. The summed E-state index contributed by atoms with van der Waals surface area (Å²) in [7, 11) is -2.98. The monoisotopic (exact) mass is 430 g/mol. The Bertz CT molecular complexity index is 1270. The Morgan fingerprint density at radius 3 is 2.48 bits per heavy atom. The van der Waals surface area contributed by atoms with Crippen LogP contribution < -0.4 is 0 Å². The molecule has 3 rings (SSSR count). The molecule has 1 amide bonds. The Balaban J connectivity index is 1.89. The van der Waals surface area contributed by atoms with Crippen LogP contribution in [0.15, 0.2) is 70.2 Å². The molecule has 8 heteroatoms. The van der Waals surface area contributed by atoms with Gasteiger partial charge in [-0.1, -0.05) is 23.4 Å². The van der Waals surface area contributed by atoms with Crippen LogP contribution in [0.25, 0.3) is 0 Å². The maximum absolute atomic E-state index is 13.7. The van der Waals surface area contributed by atoms with E-state index in [1.807, 2.05) is 0 Å². The first kappa shape index (κ1) is 20.6. The number of carbonyl (C=O) groups is 1. The molecule has 0 N–H and O–H groups in total. The van der Waals surface area contributed by atoms with Crippen molar-refractivity contribution in [2.24, 2.45) is 4.36 Å². The Labute approximate surface area is 171 Å². The molecule has 1 aromatic heterocycles. The van der Waals surface area contributed by atoms with E-state index in [0.717, 1.165) is 12.1 Å². The van der Waals surface area contributed by atoms with Gasteiger partial charge in [-0.3, -0.25) is 9.78 Å². The number of halogens is 3. The minimum absolute atomic E-state index is 0.00660. The summed E-state index contributed by atoms with van der Waals surface area (Å²) < 4.78 is 43.2. The van der Waals surface area contributed by atoms with Gasteiger partial charge in [-0.15, -0.1) is 0 Å². The van der Waals surface area contributed by atoms with Crippen molar-refractivity contribution in [1.82, 2.24) is 4.98 Å². The minimum atomic E-state index is -2.98. The van der Waals surface area contributed by atoms with Crippen LogP contribution in [0.2, 0.25) is 5.02 Å². The molecule has 0 fully saturated rings. The van der Waals surface area contributed by atoms with Gasteiger partial charge in [0.05, 0.1) is 20.9 Å². The second-order valence-corrected chi connectivity index (χ2v) is 8.68. The van der Waals surface area contributed by atoms with E-state index in [4.69, 9.17) is 11.6 Å². The fraction of sp³-hybridized carbons (Fsp3) is 0.0476. The average Bonchev–Trinajstić information content (AvgIpc) is 2.67. The molecule has 0 saturated heterocycles. The molecule has 146 valence electrons. The summed E-state index contributed by atoms with van der Waals surface area (Å²) in [5, 5.41) is 0.475. The van der Waals surface area contributed by atoms with Crippen molar-refractivity contribution in [3.63, 3.8) is 0 Å². The summed E-state index contributed by atoms with van der Waals surface area (Å²) in [5.74, 6) is 3.00. The van der Waals surface area contributed by atoms with E-state index in [0.29, 0.717) is 15.5 Å². The first-order valence-electron chi connectivity index (χ1n) is 8.19. The molecular formula is C21H13ClF2N2O2S. The largest absolute Gasteiger partial charge is 0.286 e. The van der Waals surface area contributed by atoms with Gasteiger partial charge in [0.1, 0.15) is 11.6 Å². The summed E-state index contributed by atoms with van der Waals surface area (Å²) >= 11 is 5.82. The predicted octanol–water partition coefficient (Wildman–Crippen LogP) is 4.71. The van der Waals surface area contributed by atoms with Crippen LogP contribution in [0.1, 0.15) is 21.5 Å². The lowest BCUT2D eigenvalue weighted by Crippen LogP contribution is -2.04. The van der Waals surface area contributed by atoms with Gasteiger partial charge in [-0.05, 0) is 42.5 Å². The van der Waals surface area contributed by atoms with Crippen molar-refractivity contribution in [1.29, 1.82) is 0 Å². The van der Waals surface area contributed by atoms with Crippen LogP contribution in [-0.4, -0.2) is 21.4 Å². The number of amides is 1. The molecule has 0 bridgehead atoms. The lowest BCUT2D eigenvalue weighted by Gasteiger charge is -2.04. The maximum atomic E-state index is 13.7. The van der Waals surface area contributed by atoms with E-state index < -0.39 is 27.3 Å². The number of benzene rings is 2. The molecule has 1 heterocycles. The molecule has 1 atom stereocenters. The number of hydrogen-bond acceptors (Lipinski definition) is 3.